The lowest BCUT2D eigenvalue weighted by molar-refractivity contribution is -0.154. The van der Waals surface area contributed by atoms with Crippen LogP contribution >= 0.6 is 11.6 Å². The minimum absolute atomic E-state index is 0.00759. The Hall–Kier alpha value is -4.11. The molecule has 2 aromatic carbocycles. The topological polar surface area (TPSA) is 157 Å². The number of nitrogens with zero attached hydrogens (tertiary/aromatic N) is 3. The number of alkyl halides is 3. The molecule has 2 N–H and O–H groups in total. The van der Waals surface area contributed by atoms with E-state index in [0.717, 1.165) is 18.4 Å². The van der Waals surface area contributed by atoms with Crippen LogP contribution in [0.1, 0.15) is 97.9 Å². The molecule has 1 heterocycles. The van der Waals surface area contributed by atoms with Gasteiger partial charge in [-0.1, -0.05) is 48.0 Å². The summed E-state index contributed by atoms with van der Waals surface area (Å²) in [5, 5.41) is 3.30. The zero-order valence-electron chi connectivity index (χ0n) is 27.6. The Bertz CT molecular complexity index is 1900. The second-order valence-electron chi connectivity index (χ2n) is 13.7. The monoisotopic (exact) mass is 747 g/mol. The highest BCUT2D eigenvalue weighted by molar-refractivity contribution is 7.90. The molecule has 3 fully saturated rings. The van der Waals surface area contributed by atoms with E-state index in [1.807, 2.05) is 12.1 Å². The van der Waals surface area contributed by atoms with E-state index in [9.17, 15) is 36.0 Å². The maximum atomic E-state index is 12.9. The van der Waals surface area contributed by atoms with E-state index in [2.05, 4.69) is 25.0 Å². The predicted molar refractivity (Wildman–Crippen MR) is 181 cm³/mol. The summed E-state index contributed by atoms with van der Waals surface area (Å²) in [5.41, 5.74) is 0.674. The number of carbonyl (C=O) groups is 3. The van der Waals surface area contributed by atoms with Crippen molar-refractivity contribution >= 4 is 45.0 Å². The van der Waals surface area contributed by atoms with Crippen LogP contribution in [0.3, 0.4) is 0 Å². The predicted octanol–water partition coefficient (Wildman–Crippen LogP) is 6.25. The average Bonchev–Trinajstić information content (AvgIpc) is 3.92. The molecule has 3 aromatic rings. The number of hydrogen-bond acceptors (Lipinski definition) is 10. The average molecular weight is 748 g/mol. The number of amides is 1. The summed E-state index contributed by atoms with van der Waals surface area (Å²) in [6.07, 6.45) is 0.393. The lowest BCUT2D eigenvalue weighted by atomic mass is 9.95. The quantitative estimate of drug-likeness (QED) is 0.113. The second-order valence-corrected chi connectivity index (χ2v) is 16.0. The Balaban J connectivity index is 1.01. The van der Waals surface area contributed by atoms with Crippen molar-refractivity contribution in [1.29, 1.82) is 0 Å². The maximum Gasteiger partial charge on any atom is 0.422 e. The number of nitrogens with one attached hydrogen (secondary N) is 2. The van der Waals surface area contributed by atoms with E-state index in [1.54, 1.807) is 36.4 Å². The van der Waals surface area contributed by atoms with Crippen molar-refractivity contribution in [2.75, 3.05) is 11.9 Å². The van der Waals surface area contributed by atoms with Crippen molar-refractivity contribution in [3.63, 3.8) is 0 Å². The molecule has 272 valence electrons. The number of hydrogen-bond donors (Lipinski definition) is 2. The Kier molecular flexibility index (Phi) is 10.4. The van der Waals surface area contributed by atoms with Crippen molar-refractivity contribution in [2.45, 2.75) is 94.0 Å². The van der Waals surface area contributed by atoms with Crippen LogP contribution in [0.4, 0.5) is 19.1 Å². The van der Waals surface area contributed by atoms with Gasteiger partial charge in [0.25, 0.3) is 0 Å². The molecule has 0 aliphatic heterocycles. The van der Waals surface area contributed by atoms with Gasteiger partial charge in [0.15, 0.2) is 12.4 Å². The summed E-state index contributed by atoms with van der Waals surface area (Å²) in [5.74, 6) is -0.597. The van der Waals surface area contributed by atoms with E-state index >= 15 is 0 Å². The molecule has 0 saturated heterocycles. The second kappa shape index (κ2) is 14.5. The van der Waals surface area contributed by atoms with Gasteiger partial charge >= 0.3 is 12.2 Å². The van der Waals surface area contributed by atoms with Crippen molar-refractivity contribution in [1.82, 2.24) is 19.7 Å². The van der Waals surface area contributed by atoms with Crippen LogP contribution in [0.15, 0.2) is 48.5 Å². The van der Waals surface area contributed by atoms with Crippen LogP contribution in [0.5, 0.6) is 6.01 Å². The maximum absolute atomic E-state index is 12.9. The first-order valence-corrected chi connectivity index (χ1v) is 18.7. The Morgan fingerprint density at radius 3 is 2.18 bits per heavy atom. The molecule has 51 heavy (non-hydrogen) atoms. The molecule has 0 spiro atoms. The third kappa shape index (κ3) is 9.82. The molecule has 16 heteroatoms. The van der Waals surface area contributed by atoms with Gasteiger partial charge in [-0.3, -0.25) is 19.1 Å². The number of benzene rings is 2. The number of rotatable bonds is 18. The van der Waals surface area contributed by atoms with Crippen LogP contribution in [0.25, 0.3) is 0 Å². The lowest BCUT2D eigenvalue weighted by Crippen LogP contribution is -2.39. The number of unbranched alkanes of at least 4 members (excludes halogenated alkanes) is 1. The molecule has 6 rings (SSSR count). The SMILES string of the molecule is O=C(CCCCC(=O)c1ccc(Cc2nc(NC3(c4ccc(Cl)cc4)CC3)nc(OCC(F)(F)F)n2)cc1)CC1(C(=O)NS(=O)(=O)C2CC2)CC1. The number of carbonyl (C=O) groups excluding carboxylic acids is 3. The van der Waals surface area contributed by atoms with Gasteiger partial charge in [0.1, 0.15) is 11.6 Å². The Morgan fingerprint density at radius 2 is 1.57 bits per heavy atom. The smallest absolute Gasteiger partial charge is 0.422 e. The number of Topliss-reactive ketones (excluding diaryl/α,β-unsaturated/α-hetero) is 2. The molecule has 11 nitrogen and oxygen atoms in total. The van der Waals surface area contributed by atoms with Crippen molar-refractivity contribution < 1.29 is 40.7 Å². The summed E-state index contributed by atoms with van der Waals surface area (Å²) in [6.45, 7) is -1.56. The number of ether oxygens (including phenoxy) is 1. The summed E-state index contributed by atoms with van der Waals surface area (Å²) in [7, 11) is -3.67. The molecule has 0 radical (unpaired) electrons. The standard InChI is InChI=1S/C35H37ClF3N5O6S/c36-25-11-9-24(10-12-25)34(17-18-34)43-31-40-29(41-32(42-31)50-21-35(37,38)39)19-22-5-7-23(8-6-22)28(46)4-2-1-3-26(45)20-33(15-16-33)30(47)44-51(48,49)27-13-14-27/h5-12,27H,1-4,13-21H2,(H,44,47)(H,40,41,42,43). The van der Waals surface area contributed by atoms with Crippen molar-refractivity contribution in [3.8, 4) is 6.01 Å². The highest BCUT2D eigenvalue weighted by Crippen LogP contribution is 2.50. The highest BCUT2D eigenvalue weighted by atomic mass is 35.5. The van der Waals surface area contributed by atoms with Gasteiger partial charge < -0.3 is 10.1 Å². The van der Waals surface area contributed by atoms with Crippen molar-refractivity contribution in [2.24, 2.45) is 5.41 Å². The molecular formula is C35H37ClF3N5O6S. The summed E-state index contributed by atoms with van der Waals surface area (Å²) in [4.78, 5) is 50.7. The van der Waals surface area contributed by atoms with E-state index in [-0.39, 0.29) is 49.0 Å². The molecule has 1 aromatic heterocycles. The molecule has 3 aliphatic rings. The van der Waals surface area contributed by atoms with Gasteiger partial charge in [-0.2, -0.15) is 28.1 Å². The lowest BCUT2D eigenvalue weighted by Gasteiger charge is -2.19. The molecular weight excluding hydrogens is 711 g/mol. The van der Waals surface area contributed by atoms with Crippen LogP contribution in [0, 0.1) is 5.41 Å². The molecule has 0 bridgehead atoms. The normalized spacial score (nSPS) is 17.3. The highest BCUT2D eigenvalue weighted by Gasteiger charge is 2.53. The summed E-state index contributed by atoms with van der Waals surface area (Å²) in [6, 6.07) is 13.5. The number of ketones is 2. The number of anilines is 1. The fourth-order valence-corrected chi connectivity index (χ4v) is 7.41. The molecule has 3 saturated carbocycles. The van der Waals surface area contributed by atoms with E-state index in [0.29, 0.717) is 54.7 Å². The zero-order chi connectivity index (χ0) is 36.4. The Morgan fingerprint density at radius 1 is 0.902 bits per heavy atom. The third-order valence-corrected chi connectivity index (χ3v) is 11.4. The van der Waals surface area contributed by atoms with Gasteiger partial charge in [0.05, 0.1) is 16.2 Å². The van der Waals surface area contributed by atoms with Gasteiger partial charge in [-0.05, 0) is 74.6 Å². The Labute approximate surface area is 298 Å². The number of halogens is 4. The number of aromatic nitrogens is 3. The van der Waals surface area contributed by atoms with Crippen LogP contribution < -0.4 is 14.8 Å². The first-order chi connectivity index (χ1) is 24.1. The molecule has 0 atom stereocenters. The van der Waals surface area contributed by atoms with Gasteiger partial charge in [0, 0.05) is 36.3 Å². The zero-order valence-corrected chi connectivity index (χ0v) is 29.2. The van der Waals surface area contributed by atoms with E-state index < -0.39 is 50.9 Å². The minimum atomic E-state index is -4.58. The van der Waals surface area contributed by atoms with Gasteiger partial charge in [0.2, 0.25) is 21.9 Å². The number of sulfonamides is 1. The van der Waals surface area contributed by atoms with Crippen molar-refractivity contribution in [3.05, 3.63) is 76.1 Å². The fourth-order valence-electron chi connectivity index (χ4n) is 5.88. The minimum Gasteiger partial charge on any atom is -0.454 e. The van der Waals surface area contributed by atoms with Crippen LogP contribution in [-0.4, -0.2) is 58.9 Å². The first kappa shape index (κ1) is 36.7. The largest absolute Gasteiger partial charge is 0.454 e. The summed E-state index contributed by atoms with van der Waals surface area (Å²) < 4.78 is 70.0. The molecule has 1 amide bonds. The molecule has 3 aliphatic carbocycles. The van der Waals surface area contributed by atoms with Gasteiger partial charge in [-0.25, -0.2) is 8.42 Å². The van der Waals surface area contributed by atoms with E-state index in [4.69, 9.17) is 16.3 Å². The fraction of sp³-hybridized carbons (Fsp3) is 0.486. The third-order valence-electron chi connectivity index (χ3n) is 9.34. The molecule has 0 unspecified atom stereocenters. The first-order valence-electron chi connectivity index (χ1n) is 16.8. The van der Waals surface area contributed by atoms with Crippen LogP contribution in [-0.2, 0) is 31.6 Å². The van der Waals surface area contributed by atoms with E-state index in [1.165, 1.54) is 0 Å². The summed E-state index contributed by atoms with van der Waals surface area (Å²) >= 11 is 6.03. The van der Waals surface area contributed by atoms with Crippen LogP contribution in [0.2, 0.25) is 5.02 Å². The van der Waals surface area contributed by atoms with Gasteiger partial charge in [-0.15, -0.1) is 0 Å².